The van der Waals surface area contributed by atoms with E-state index in [-0.39, 0.29) is 17.3 Å². The van der Waals surface area contributed by atoms with E-state index in [1.807, 2.05) is 13.0 Å². The Hall–Kier alpha value is -1.31. The molecule has 2 aliphatic carbocycles. The molecule has 0 heterocycles. The lowest BCUT2D eigenvalue weighted by Crippen LogP contribution is -2.22. The lowest BCUT2D eigenvalue weighted by Gasteiger charge is -2.17. The van der Waals surface area contributed by atoms with Crippen LogP contribution in [0.3, 0.4) is 0 Å². The van der Waals surface area contributed by atoms with Crippen molar-refractivity contribution in [3.8, 4) is 0 Å². The second kappa shape index (κ2) is 3.59. The van der Waals surface area contributed by atoms with Crippen molar-refractivity contribution < 1.29 is 9.53 Å². The SMILES string of the molecule is CCOC(=O)[C@@H]1C2C(CC)C21c1ccccc1. The predicted molar refractivity (Wildman–Crippen MR) is 65.5 cm³/mol. The molecule has 90 valence electrons. The highest BCUT2D eigenvalue weighted by Gasteiger charge is 2.88. The molecule has 0 saturated heterocycles. The minimum absolute atomic E-state index is 0.00560. The van der Waals surface area contributed by atoms with Crippen molar-refractivity contribution in [2.24, 2.45) is 17.8 Å². The second-order valence-electron chi connectivity index (χ2n) is 5.07. The molecular formula is C15H18O2. The molecule has 0 amide bonds. The third kappa shape index (κ3) is 1.24. The van der Waals surface area contributed by atoms with Crippen LogP contribution in [-0.4, -0.2) is 12.6 Å². The number of hydrogen-bond donors (Lipinski definition) is 0. The molecule has 0 radical (unpaired) electrons. The van der Waals surface area contributed by atoms with Crippen LogP contribution < -0.4 is 0 Å². The minimum Gasteiger partial charge on any atom is -0.466 e. The lowest BCUT2D eigenvalue weighted by atomic mass is 9.88. The van der Waals surface area contributed by atoms with Gasteiger partial charge in [-0.15, -0.1) is 0 Å². The van der Waals surface area contributed by atoms with E-state index in [1.165, 1.54) is 5.56 Å². The van der Waals surface area contributed by atoms with E-state index in [0.717, 1.165) is 6.42 Å². The van der Waals surface area contributed by atoms with Crippen molar-refractivity contribution in [2.75, 3.05) is 6.61 Å². The normalized spacial score (nSPS) is 37.2. The molecule has 0 spiro atoms. The molecule has 0 N–H and O–H groups in total. The van der Waals surface area contributed by atoms with E-state index < -0.39 is 0 Å². The Morgan fingerprint density at radius 3 is 2.59 bits per heavy atom. The fourth-order valence-corrected chi connectivity index (χ4v) is 3.77. The highest BCUT2D eigenvalue weighted by Crippen LogP contribution is 2.84. The summed E-state index contributed by atoms with van der Waals surface area (Å²) in [5.41, 5.74) is 1.47. The lowest BCUT2D eigenvalue weighted by molar-refractivity contribution is -0.146. The number of hydrogen-bond acceptors (Lipinski definition) is 2. The summed E-state index contributed by atoms with van der Waals surface area (Å²) in [4.78, 5) is 11.9. The van der Waals surface area contributed by atoms with Gasteiger partial charge in [-0.05, 0) is 24.3 Å². The molecule has 1 aromatic carbocycles. The smallest absolute Gasteiger partial charge is 0.310 e. The van der Waals surface area contributed by atoms with Gasteiger partial charge in [-0.2, -0.15) is 0 Å². The van der Waals surface area contributed by atoms with Gasteiger partial charge in [0.2, 0.25) is 0 Å². The molecule has 2 fully saturated rings. The molecule has 2 heteroatoms. The number of esters is 1. The van der Waals surface area contributed by atoms with Gasteiger partial charge >= 0.3 is 5.97 Å². The molecule has 17 heavy (non-hydrogen) atoms. The molecule has 0 aliphatic heterocycles. The summed E-state index contributed by atoms with van der Waals surface area (Å²) < 4.78 is 5.17. The van der Waals surface area contributed by atoms with Crippen LogP contribution in [0, 0.1) is 17.8 Å². The fourth-order valence-electron chi connectivity index (χ4n) is 3.77. The summed E-state index contributed by atoms with van der Waals surface area (Å²) in [6.45, 7) is 4.58. The van der Waals surface area contributed by atoms with Crippen molar-refractivity contribution in [3.63, 3.8) is 0 Å². The van der Waals surface area contributed by atoms with Crippen molar-refractivity contribution in [1.82, 2.24) is 0 Å². The number of benzene rings is 1. The molecule has 1 aromatic rings. The average Bonchev–Trinajstić information content (AvgIpc) is 3.19. The zero-order valence-electron chi connectivity index (χ0n) is 10.3. The van der Waals surface area contributed by atoms with Crippen molar-refractivity contribution >= 4 is 5.97 Å². The first kappa shape index (κ1) is 10.8. The zero-order chi connectivity index (χ0) is 12.0. The zero-order valence-corrected chi connectivity index (χ0v) is 10.3. The molecule has 3 rings (SSSR count). The number of rotatable bonds is 4. The van der Waals surface area contributed by atoms with Gasteiger partial charge in [0.05, 0.1) is 12.5 Å². The maximum absolute atomic E-state index is 11.9. The Morgan fingerprint density at radius 2 is 2.00 bits per heavy atom. The van der Waals surface area contributed by atoms with E-state index in [9.17, 15) is 4.79 Å². The van der Waals surface area contributed by atoms with Gasteiger partial charge in [0.1, 0.15) is 0 Å². The third-order valence-electron chi connectivity index (χ3n) is 4.51. The van der Waals surface area contributed by atoms with Crippen LogP contribution in [0.15, 0.2) is 30.3 Å². The molecule has 0 aromatic heterocycles. The monoisotopic (exact) mass is 230 g/mol. The van der Waals surface area contributed by atoms with Gasteiger partial charge in [-0.3, -0.25) is 4.79 Å². The molecule has 2 nitrogen and oxygen atoms in total. The van der Waals surface area contributed by atoms with Crippen LogP contribution in [0.2, 0.25) is 0 Å². The second-order valence-corrected chi connectivity index (χ2v) is 5.07. The minimum atomic E-state index is 0.00560. The van der Waals surface area contributed by atoms with Crippen LogP contribution in [0.25, 0.3) is 0 Å². The van der Waals surface area contributed by atoms with Crippen LogP contribution in [-0.2, 0) is 14.9 Å². The molecule has 3 unspecified atom stereocenters. The summed E-state index contributed by atoms with van der Waals surface area (Å²) in [6, 6.07) is 10.5. The number of fused-ring (bicyclic) bond motifs is 1. The summed E-state index contributed by atoms with van der Waals surface area (Å²) in [7, 11) is 0. The summed E-state index contributed by atoms with van der Waals surface area (Å²) >= 11 is 0. The summed E-state index contributed by atoms with van der Waals surface area (Å²) in [5.74, 6) is 1.38. The standard InChI is InChI=1S/C15H18O2/c1-3-11-12-13(14(16)17-4-2)15(11,12)10-8-6-5-7-9-10/h5-9,11-13H,3-4H2,1-2H3/t11?,12?,13-,15?/m0/s1. The molecule has 0 bridgehead atoms. The Labute approximate surface area is 102 Å². The number of carbonyl (C=O) groups is 1. The maximum Gasteiger partial charge on any atom is 0.310 e. The summed E-state index contributed by atoms with van der Waals surface area (Å²) in [6.07, 6.45) is 1.16. The highest BCUT2D eigenvalue weighted by atomic mass is 16.5. The van der Waals surface area contributed by atoms with E-state index in [1.54, 1.807) is 0 Å². The van der Waals surface area contributed by atoms with Crippen LogP contribution >= 0.6 is 0 Å². The Bertz CT molecular complexity index is 439. The van der Waals surface area contributed by atoms with Gasteiger partial charge in [-0.25, -0.2) is 0 Å². The Kier molecular flexibility index (Phi) is 2.29. The summed E-state index contributed by atoms with van der Waals surface area (Å²) in [5, 5.41) is 0. The van der Waals surface area contributed by atoms with Crippen molar-refractivity contribution in [1.29, 1.82) is 0 Å². The van der Waals surface area contributed by atoms with Gasteiger partial charge in [-0.1, -0.05) is 43.7 Å². The van der Waals surface area contributed by atoms with Crippen LogP contribution in [0.4, 0.5) is 0 Å². The number of carbonyl (C=O) groups excluding carboxylic acids is 1. The third-order valence-corrected chi connectivity index (χ3v) is 4.51. The van der Waals surface area contributed by atoms with Crippen LogP contribution in [0.1, 0.15) is 25.8 Å². The van der Waals surface area contributed by atoms with E-state index in [0.29, 0.717) is 18.4 Å². The first-order valence-corrected chi connectivity index (χ1v) is 6.50. The van der Waals surface area contributed by atoms with E-state index in [4.69, 9.17) is 4.74 Å². The first-order valence-electron chi connectivity index (χ1n) is 6.50. The quantitative estimate of drug-likeness (QED) is 0.743. The van der Waals surface area contributed by atoms with Gasteiger partial charge in [0, 0.05) is 5.41 Å². The first-order chi connectivity index (χ1) is 8.28. The largest absolute Gasteiger partial charge is 0.466 e. The molecule has 4 atom stereocenters. The number of ether oxygens (including phenoxy) is 1. The maximum atomic E-state index is 11.9. The van der Waals surface area contributed by atoms with E-state index in [2.05, 4.69) is 31.2 Å². The fraction of sp³-hybridized carbons (Fsp3) is 0.533. The Morgan fingerprint density at radius 1 is 1.29 bits per heavy atom. The average molecular weight is 230 g/mol. The van der Waals surface area contributed by atoms with Crippen LogP contribution in [0.5, 0.6) is 0 Å². The van der Waals surface area contributed by atoms with E-state index >= 15 is 0 Å². The topological polar surface area (TPSA) is 26.3 Å². The highest BCUT2D eigenvalue weighted by molar-refractivity contribution is 5.84. The molecular weight excluding hydrogens is 212 g/mol. The van der Waals surface area contributed by atoms with Crippen molar-refractivity contribution in [2.45, 2.75) is 25.7 Å². The Balaban J connectivity index is 1.84. The van der Waals surface area contributed by atoms with Gasteiger partial charge in [0.25, 0.3) is 0 Å². The van der Waals surface area contributed by atoms with Gasteiger partial charge < -0.3 is 4.74 Å². The van der Waals surface area contributed by atoms with Crippen molar-refractivity contribution in [3.05, 3.63) is 35.9 Å². The molecule has 2 saturated carbocycles. The molecule has 2 aliphatic rings. The van der Waals surface area contributed by atoms with Gasteiger partial charge in [0.15, 0.2) is 0 Å². The predicted octanol–water partition coefficient (Wildman–Crippen LogP) is 2.77.